The Morgan fingerprint density at radius 3 is 2.32 bits per heavy atom. The largest absolute Gasteiger partial charge is 0.492 e. The van der Waals surface area contributed by atoms with E-state index in [-0.39, 0.29) is 5.60 Å². The van der Waals surface area contributed by atoms with Crippen LogP contribution in [-0.2, 0) is 17.8 Å². The molecule has 4 rings (SSSR count). The molecule has 182 valence electrons. The highest BCUT2D eigenvalue weighted by atomic mass is 16.5. The first-order valence-electron chi connectivity index (χ1n) is 12.2. The third-order valence-corrected chi connectivity index (χ3v) is 6.64. The zero-order valence-corrected chi connectivity index (χ0v) is 20.7. The van der Waals surface area contributed by atoms with Gasteiger partial charge in [-0.2, -0.15) is 5.10 Å². The van der Waals surface area contributed by atoms with Gasteiger partial charge in [0.25, 0.3) is 0 Å². The van der Waals surface area contributed by atoms with E-state index in [0.717, 1.165) is 62.6 Å². The molecule has 2 heterocycles. The highest BCUT2D eigenvalue weighted by molar-refractivity contribution is 5.27. The molecule has 1 aliphatic rings. The van der Waals surface area contributed by atoms with Crippen LogP contribution in [0.2, 0.25) is 0 Å². The molecule has 0 bridgehead atoms. The first-order valence-corrected chi connectivity index (χ1v) is 12.2. The number of hydrogen-bond donors (Lipinski definition) is 0. The summed E-state index contributed by atoms with van der Waals surface area (Å²) in [6.45, 7) is 9.02. The van der Waals surface area contributed by atoms with Crippen molar-refractivity contribution in [1.82, 2.24) is 14.7 Å². The number of ether oxygens (including phenoxy) is 3. The van der Waals surface area contributed by atoms with Crippen LogP contribution in [0.15, 0.2) is 60.8 Å². The Kier molecular flexibility index (Phi) is 8.25. The SMILES string of the molecule is CO[C@@]1(COc2ccc(C)cc2)CCCN(Cc2ccc(OCCn3ccc(C)n3)cc2)CC1. The molecule has 6 heteroatoms. The minimum atomic E-state index is -0.232. The monoisotopic (exact) mass is 463 g/mol. The Morgan fingerprint density at radius 1 is 0.882 bits per heavy atom. The normalized spacial score (nSPS) is 19.0. The summed E-state index contributed by atoms with van der Waals surface area (Å²) in [7, 11) is 1.82. The van der Waals surface area contributed by atoms with Crippen LogP contribution in [0.25, 0.3) is 0 Å². The van der Waals surface area contributed by atoms with Crippen molar-refractivity contribution in [1.29, 1.82) is 0 Å². The molecule has 1 atom stereocenters. The van der Waals surface area contributed by atoms with E-state index >= 15 is 0 Å². The van der Waals surface area contributed by atoms with E-state index in [1.165, 1.54) is 11.1 Å². The van der Waals surface area contributed by atoms with Crippen molar-refractivity contribution in [2.45, 2.75) is 51.8 Å². The number of methoxy groups -OCH3 is 1. The van der Waals surface area contributed by atoms with Crippen molar-refractivity contribution in [3.63, 3.8) is 0 Å². The lowest BCUT2D eigenvalue weighted by atomic mass is 9.95. The summed E-state index contributed by atoms with van der Waals surface area (Å²) in [5, 5.41) is 4.39. The molecule has 1 aromatic heterocycles. The van der Waals surface area contributed by atoms with Crippen molar-refractivity contribution in [2.24, 2.45) is 0 Å². The lowest BCUT2D eigenvalue weighted by molar-refractivity contribution is -0.0541. The van der Waals surface area contributed by atoms with Gasteiger partial charge in [0.15, 0.2) is 0 Å². The predicted octanol–water partition coefficient (Wildman–Crippen LogP) is 5.03. The van der Waals surface area contributed by atoms with Crippen LogP contribution in [0.1, 0.15) is 36.1 Å². The van der Waals surface area contributed by atoms with Gasteiger partial charge in [-0.1, -0.05) is 29.8 Å². The fraction of sp³-hybridized carbons (Fsp3) is 0.464. The Labute approximate surface area is 203 Å². The maximum absolute atomic E-state index is 6.12. The quantitative estimate of drug-likeness (QED) is 0.422. The second-order valence-corrected chi connectivity index (χ2v) is 9.33. The second-order valence-electron chi connectivity index (χ2n) is 9.33. The zero-order chi connectivity index (χ0) is 23.8. The number of likely N-dealkylation sites (tertiary alicyclic amines) is 1. The summed E-state index contributed by atoms with van der Waals surface area (Å²) >= 11 is 0. The van der Waals surface area contributed by atoms with Crippen LogP contribution in [0.5, 0.6) is 11.5 Å². The van der Waals surface area contributed by atoms with Gasteiger partial charge >= 0.3 is 0 Å². The minimum absolute atomic E-state index is 0.232. The van der Waals surface area contributed by atoms with Crippen LogP contribution >= 0.6 is 0 Å². The molecular weight excluding hydrogens is 426 g/mol. The van der Waals surface area contributed by atoms with Crippen molar-refractivity contribution in [3.8, 4) is 11.5 Å². The third-order valence-electron chi connectivity index (χ3n) is 6.64. The van der Waals surface area contributed by atoms with E-state index in [4.69, 9.17) is 14.2 Å². The number of rotatable bonds is 10. The third kappa shape index (κ3) is 6.84. The molecule has 0 aliphatic carbocycles. The van der Waals surface area contributed by atoms with E-state index < -0.39 is 0 Å². The molecule has 1 saturated heterocycles. The van der Waals surface area contributed by atoms with Crippen molar-refractivity contribution < 1.29 is 14.2 Å². The molecular formula is C28H37N3O3. The topological polar surface area (TPSA) is 48.8 Å². The maximum Gasteiger partial charge on any atom is 0.119 e. The molecule has 0 radical (unpaired) electrons. The Balaban J connectivity index is 1.24. The summed E-state index contributed by atoms with van der Waals surface area (Å²) < 4.78 is 19.9. The lowest BCUT2D eigenvalue weighted by Crippen LogP contribution is -2.39. The number of aromatic nitrogens is 2. The number of benzene rings is 2. The standard InChI is InChI=1S/C28H37N3O3/c1-23-5-9-27(10-6-23)34-22-28(32-3)14-4-16-30(18-15-28)21-25-7-11-26(12-8-25)33-20-19-31-17-13-24(2)29-31/h5-13,17H,4,14-16,18-22H2,1-3H3/t28-/m0/s1. The van der Waals surface area contributed by atoms with Crippen molar-refractivity contribution in [3.05, 3.63) is 77.6 Å². The highest BCUT2D eigenvalue weighted by Crippen LogP contribution is 2.28. The van der Waals surface area contributed by atoms with Gasteiger partial charge in [0.1, 0.15) is 30.3 Å². The summed E-state index contributed by atoms with van der Waals surface area (Å²) in [5.41, 5.74) is 3.34. The van der Waals surface area contributed by atoms with Gasteiger partial charge in [0.2, 0.25) is 0 Å². The average molecular weight is 464 g/mol. The Bertz CT molecular complexity index is 1020. The molecule has 1 fully saturated rings. The molecule has 0 unspecified atom stereocenters. The van der Waals surface area contributed by atoms with Gasteiger partial charge < -0.3 is 14.2 Å². The molecule has 1 aliphatic heterocycles. The number of hydrogen-bond acceptors (Lipinski definition) is 5. The summed E-state index contributed by atoms with van der Waals surface area (Å²) in [6.07, 6.45) is 5.05. The number of nitrogens with zero attached hydrogens (tertiary/aromatic N) is 3. The van der Waals surface area contributed by atoms with E-state index in [9.17, 15) is 0 Å². The van der Waals surface area contributed by atoms with E-state index in [2.05, 4.69) is 53.3 Å². The first-order chi connectivity index (χ1) is 16.5. The van der Waals surface area contributed by atoms with Crippen LogP contribution in [0, 0.1) is 13.8 Å². The van der Waals surface area contributed by atoms with Gasteiger partial charge in [-0.25, -0.2) is 0 Å². The summed E-state index contributed by atoms with van der Waals surface area (Å²) in [6, 6.07) is 18.7. The predicted molar refractivity (Wildman–Crippen MR) is 134 cm³/mol. The van der Waals surface area contributed by atoms with E-state index in [1.807, 2.05) is 43.1 Å². The van der Waals surface area contributed by atoms with E-state index in [1.54, 1.807) is 0 Å². The van der Waals surface area contributed by atoms with Gasteiger partial charge in [-0.3, -0.25) is 9.58 Å². The molecule has 0 spiro atoms. The molecule has 0 N–H and O–H groups in total. The fourth-order valence-corrected chi connectivity index (χ4v) is 4.43. The molecule has 2 aromatic carbocycles. The molecule has 34 heavy (non-hydrogen) atoms. The van der Waals surface area contributed by atoms with E-state index in [0.29, 0.717) is 13.2 Å². The highest BCUT2D eigenvalue weighted by Gasteiger charge is 2.33. The maximum atomic E-state index is 6.12. The average Bonchev–Trinajstić information content (AvgIpc) is 3.16. The van der Waals surface area contributed by atoms with Gasteiger partial charge in [-0.05, 0) is 75.5 Å². The van der Waals surface area contributed by atoms with Crippen LogP contribution < -0.4 is 9.47 Å². The molecule has 0 amide bonds. The van der Waals surface area contributed by atoms with Crippen LogP contribution in [0.4, 0.5) is 0 Å². The van der Waals surface area contributed by atoms with Gasteiger partial charge in [-0.15, -0.1) is 0 Å². The van der Waals surface area contributed by atoms with Crippen LogP contribution in [0.3, 0.4) is 0 Å². The zero-order valence-electron chi connectivity index (χ0n) is 20.7. The van der Waals surface area contributed by atoms with Gasteiger partial charge in [0.05, 0.1) is 12.2 Å². The first kappa shape index (κ1) is 24.3. The van der Waals surface area contributed by atoms with Crippen LogP contribution in [-0.4, -0.2) is 53.7 Å². The Morgan fingerprint density at radius 2 is 1.62 bits per heavy atom. The molecule has 0 saturated carbocycles. The van der Waals surface area contributed by atoms with Crippen molar-refractivity contribution in [2.75, 3.05) is 33.4 Å². The summed E-state index contributed by atoms with van der Waals surface area (Å²) in [5.74, 6) is 1.81. The lowest BCUT2D eigenvalue weighted by Gasteiger charge is -2.31. The smallest absolute Gasteiger partial charge is 0.119 e. The van der Waals surface area contributed by atoms with Crippen molar-refractivity contribution >= 4 is 0 Å². The summed E-state index contributed by atoms with van der Waals surface area (Å²) in [4.78, 5) is 2.52. The number of aryl methyl sites for hydroxylation is 2. The second kappa shape index (κ2) is 11.5. The molecule has 3 aromatic rings. The molecule has 6 nitrogen and oxygen atoms in total. The Hall–Kier alpha value is -2.83. The fourth-order valence-electron chi connectivity index (χ4n) is 4.43. The van der Waals surface area contributed by atoms with Gasteiger partial charge in [0, 0.05) is 26.4 Å². The minimum Gasteiger partial charge on any atom is -0.492 e.